The van der Waals surface area contributed by atoms with E-state index in [1.54, 1.807) is 30.6 Å². The topological polar surface area (TPSA) is 63.2 Å². The Kier molecular flexibility index (Phi) is 4.57. The Hall–Kier alpha value is -2.08. The Bertz CT molecular complexity index is 610. The van der Waals surface area contributed by atoms with Crippen LogP contribution in [0, 0.1) is 13.8 Å². The van der Waals surface area contributed by atoms with Gasteiger partial charge in [0.1, 0.15) is 5.75 Å². The molecule has 0 aliphatic carbocycles. The molecule has 1 heterocycles. The van der Waals surface area contributed by atoms with Gasteiger partial charge in [-0.1, -0.05) is 12.1 Å². The highest BCUT2D eigenvalue weighted by atomic mass is 32.1. The van der Waals surface area contributed by atoms with Gasteiger partial charge in [-0.05, 0) is 26.0 Å². The van der Waals surface area contributed by atoms with Crippen molar-refractivity contribution in [2.75, 3.05) is 12.4 Å². The Labute approximate surface area is 122 Å². The van der Waals surface area contributed by atoms with E-state index in [4.69, 9.17) is 4.74 Å². The number of nitrogens with zero attached hydrogens (tertiary/aromatic N) is 1. The van der Waals surface area contributed by atoms with Crippen LogP contribution in [-0.2, 0) is 6.54 Å². The van der Waals surface area contributed by atoms with Gasteiger partial charge in [0.15, 0.2) is 0 Å². The zero-order chi connectivity index (χ0) is 14.5. The molecule has 0 saturated heterocycles. The molecule has 0 bridgehead atoms. The van der Waals surface area contributed by atoms with Crippen molar-refractivity contribution in [1.29, 1.82) is 0 Å². The van der Waals surface area contributed by atoms with Crippen LogP contribution in [0.25, 0.3) is 0 Å². The molecule has 0 aliphatic heterocycles. The van der Waals surface area contributed by atoms with Gasteiger partial charge in [0.05, 0.1) is 30.0 Å². The third-order valence-electron chi connectivity index (χ3n) is 2.76. The van der Waals surface area contributed by atoms with Gasteiger partial charge in [0.2, 0.25) is 0 Å². The third-order valence-corrected chi connectivity index (χ3v) is 3.84. The predicted octanol–water partition coefficient (Wildman–Crippen LogP) is 3.09. The number of carbonyl (C=O) groups excluding carboxylic acids is 1. The van der Waals surface area contributed by atoms with E-state index in [2.05, 4.69) is 15.6 Å². The van der Waals surface area contributed by atoms with Crippen LogP contribution in [-0.4, -0.2) is 18.1 Å². The van der Waals surface area contributed by atoms with E-state index < -0.39 is 0 Å². The molecule has 2 amide bonds. The van der Waals surface area contributed by atoms with E-state index >= 15 is 0 Å². The lowest BCUT2D eigenvalue weighted by Gasteiger charge is -2.10. The maximum atomic E-state index is 11.9. The molecule has 20 heavy (non-hydrogen) atoms. The number of urea groups is 1. The van der Waals surface area contributed by atoms with E-state index in [1.165, 1.54) is 0 Å². The predicted molar refractivity (Wildman–Crippen MR) is 80.4 cm³/mol. The van der Waals surface area contributed by atoms with E-state index in [9.17, 15) is 4.79 Å². The summed E-state index contributed by atoms with van der Waals surface area (Å²) in [6.07, 6.45) is 0. The first-order valence-corrected chi connectivity index (χ1v) is 7.02. The number of aromatic nitrogens is 1. The van der Waals surface area contributed by atoms with Gasteiger partial charge in [-0.15, -0.1) is 11.3 Å². The smallest absolute Gasteiger partial charge is 0.319 e. The molecule has 0 saturated carbocycles. The number of hydrogen-bond acceptors (Lipinski definition) is 4. The zero-order valence-electron chi connectivity index (χ0n) is 11.7. The summed E-state index contributed by atoms with van der Waals surface area (Å²) >= 11 is 1.59. The lowest BCUT2D eigenvalue weighted by molar-refractivity contribution is 0.251. The average Bonchev–Trinajstić information content (AvgIpc) is 2.75. The molecule has 5 nitrogen and oxygen atoms in total. The van der Waals surface area contributed by atoms with Crippen molar-refractivity contribution in [3.8, 4) is 5.75 Å². The number of methoxy groups -OCH3 is 1. The third kappa shape index (κ3) is 3.48. The molecule has 0 radical (unpaired) electrons. The monoisotopic (exact) mass is 291 g/mol. The lowest BCUT2D eigenvalue weighted by Crippen LogP contribution is -2.28. The number of nitrogens with one attached hydrogen (secondary N) is 2. The maximum Gasteiger partial charge on any atom is 0.319 e. The number of thiazole rings is 1. The molecule has 2 N–H and O–H groups in total. The summed E-state index contributed by atoms with van der Waals surface area (Å²) in [4.78, 5) is 17.3. The second-order valence-electron chi connectivity index (χ2n) is 4.25. The van der Waals surface area contributed by atoms with Crippen LogP contribution >= 0.6 is 11.3 Å². The van der Waals surface area contributed by atoms with Crippen LogP contribution in [0.2, 0.25) is 0 Å². The quantitative estimate of drug-likeness (QED) is 0.910. The fourth-order valence-electron chi connectivity index (χ4n) is 1.81. The van der Waals surface area contributed by atoms with Crippen LogP contribution in [0.4, 0.5) is 10.5 Å². The molecule has 2 rings (SSSR count). The summed E-state index contributed by atoms with van der Waals surface area (Å²) in [5.41, 5.74) is 1.61. The summed E-state index contributed by atoms with van der Waals surface area (Å²) < 4.78 is 5.18. The van der Waals surface area contributed by atoms with Crippen molar-refractivity contribution in [1.82, 2.24) is 10.3 Å². The molecule has 106 valence electrons. The van der Waals surface area contributed by atoms with Gasteiger partial charge in [-0.3, -0.25) is 0 Å². The van der Waals surface area contributed by atoms with Gasteiger partial charge in [-0.25, -0.2) is 9.78 Å². The Balaban J connectivity index is 1.94. The maximum absolute atomic E-state index is 11.9. The highest BCUT2D eigenvalue weighted by Gasteiger charge is 2.09. The second kappa shape index (κ2) is 6.38. The number of carbonyl (C=O) groups is 1. The zero-order valence-corrected chi connectivity index (χ0v) is 12.5. The summed E-state index contributed by atoms with van der Waals surface area (Å²) in [7, 11) is 1.57. The number of benzene rings is 1. The Morgan fingerprint density at radius 1 is 1.35 bits per heavy atom. The molecule has 0 atom stereocenters. The largest absolute Gasteiger partial charge is 0.495 e. The molecular weight excluding hydrogens is 274 g/mol. The van der Waals surface area contributed by atoms with Crippen LogP contribution in [0.15, 0.2) is 24.3 Å². The average molecular weight is 291 g/mol. The number of amides is 2. The van der Waals surface area contributed by atoms with Crippen LogP contribution in [0.5, 0.6) is 5.75 Å². The normalized spacial score (nSPS) is 10.2. The molecule has 0 aliphatic rings. The minimum atomic E-state index is -0.264. The van der Waals surface area contributed by atoms with E-state index in [0.29, 0.717) is 18.0 Å². The summed E-state index contributed by atoms with van der Waals surface area (Å²) in [5, 5.41) is 6.59. The number of aryl methyl sites for hydroxylation is 2. The lowest BCUT2D eigenvalue weighted by atomic mass is 10.3. The van der Waals surface area contributed by atoms with E-state index in [1.807, 2.05) is 26.0 Å². The van der Waals surface area contributed by atoms with Crippen molar-refractivity contribution in [3.63, 3.8) is 0 Å². The first kappa shape index (κ1) is 14.3. The minimum Gasteiger partial charge on any atom is -0.495 e. The number of para-hydroxylation sites is 2. The second-order valence-corrected chi connectivity index (χ2v) is 5.54. The highest BCUT2D eigenvalue weighted by Crippen LogP contribution is 2.23. The van der Waals surface area contributed by atoms with Gasteiger partial charge >= 0.3 is 6.03 Å². The SMILES string of the molecule is COc1ccccc1NC(=O)NCc1sc(C)nc1C. The van der Waals surface area contributed by atoms with Crippen molar-refractivity contribution < 1.29 is 9.53 Å². The van der Waals surface area contributed by atoms with Crippen molar-refractivity contribution >= 4 is 23.1 Å². The fourth-order valence-corrected chi connectivity index (χ4v) is 2.69. The molecule has 0 fully saturated rings. The summed E-state index contributed by atoms with van der Waals surface area (Å²) in [6.45, 7) is 4.37. The standard InChI is InChI=1S/C14H17N3O2S/c1-9-13(20-10(2)16-9)8-15-14(18)17-11-6-4-5-7-12(11)19-3/h4-7H,8H2,1-3H3,(H2,15,17,18). The van der Waals surface area contributed by atoms with Crippen LogP contribution in [0.3, 0.4) is 0 Å². The minimum absolute atomic E-state index is 0.264. The summed E-state index contributed by atoms with van der Waals surface area (Å²) in [5.74, 6) is 0.632. The molecule has 1 aromatic heterocycles. The highest BCUT2D eigenvalue weighted by molar-refractivity contribution is 7.11. The first-order valence-electron chi connectivity index (χ1n) is 6.21. The molecular formula is C14H17N3O2S. The molecule has 2 aromatic rings. The van der Waals surface area contributed by atoms with Crippen LogP contribution < -0.4 is 15.4 Å². The fraction of sp³-hybridized carbons (Fsp3) is 0.286. The Morgan fingerprint density at radius 3 is 2.75 bits per heavy atom. The van der Waals surface area contributed by atoms with E-state index in [-0.39, 0.29) is 6.03 Å². The number of rotatable bonds is 4. The summed E-state index contributed by atoms with van der Waals surface area (Å²) in [6, 6.07) is 7.02. The molecule has 1 aromatic carbocycles. The van der Waals surface area contributed by atoms with Gasteiger partial charge in [-0.2, -0.15) is 0 Å². The van der Waals surface area contributed by atoms with Crippen LogP contribution in [0.1, 0.15) is 15.6 Å². The first-order chi connectivity index (χ1) is 9.60. The molecule has 0 unspecified atom stereocenters. The molecule has 6 heteroatoms. The van der Waals surface area contributed by atoms with Crippen molar-refractivity contribution in [2.24, 2.45) is 0 Å². The van der Waals surface area contributed by atoms with E-state index in [0.717, 1.165) is 15.6 Å². The van der Waals surface area contributed by atoms with Gasteiger partial charge in [0.25, 0.3) is 0 Å². The number of anilines is 1. The number of hydrogen-bond donors (Lipinski definition) is 2. The molecule has 0 spiro atoms. The number of ether oxygens (including phenoxy) is 1. The van der Waals surface area contributed by atoms with Crippen molar-refractivity contribution in [2.45, 2.75) is 20.4 Å². The van der Waals surface area contributed by atoms with Gasteiger partial charge in [0, 0.05) is 4.88 Å². The Morgan fingerprint density at radius 2 is 2.10 bits per heavy atom. The van der Waals surface area contributed by atoms with Crippen molar-refractivity contribution in [3.05, 3.63) is 39.8 Å². The van der Waals surface area contributed by atoms with Gasteiger partial charge < -0.3 is 15.4 Å².